The standard InChI is InChI=1S/C12H13NO5/c1-8(11(14)15)12(16)18-13(2)9-5-4-6-10(7-9)17-3/h4-7H,1H2,2-3H3,(H,14,15). The van der Waals surface area contributed by atoms with Crippen LogP contribution in [0.25, 0.3) is 0 Å². The minimum absolute atomic E-state index is 0.542. The largest absolute Gasteiger partial charge is 0.497 e. The fourth-order valence-electron chi connectivity index (χ4n) is 1.13. The maximum absolute atomic E-state index is 11.3. The summed E-state index contributed by atoms with van der Waals surface area (Å²) in [5, 5.41) is 9.72. The van der Waals surface area contributed by atoms with Gasteiger partial charge in [0.05, 0.1) is 12.8 Å². The summed E-state index contributed by atoms with van der Waals surface area (Å²) in [5.41, 5.74) is -0.0920. The fourth-order valence-corrected chi connectivity index (χ4v) is 1.13. The molecule has 0 fully saturated rings. The number of methoxy groups -OCH3 is 1. The van der Waals surface area contributed by atoms with E-state index in [1.54, 1.807) is 24.3 Å². The highest BCUT2D eigenvalue weighted by atomic mass is 16.7. The van der Waals surface area contributed by atoms with Gasteiger partial charge in [0.15, 0.2) is 0 Å². The van der Waals surface area contributed by atoms with Crippen molar-refractivity contribution in [3.05, 3.63) is 36.4 Å². The summed E-state index contributed by atoms with van der Waals surface area (Å²) >= 11 is 0. The summed E-state index contributed by atoms with van der Waals surface area (Å²) in [4.78, 5) is 26.7. The van der Waals surface area contributed by atoms with E-state index < -0.39 is 17.5 Å². The van der Waals surface area contributed by atoms with Crippen LogP contribution in [0.1, 0.15) is 0 Å². The molecule has 6 nitrogen and oxygen atoms in total. The average Bonchev–Trinajstić information content (AvgIpc) is 2.37. The van der Waals surface area contributed by atoms with Crippen LogP contribution in [0.15, 0.2) is 36.4 Å². The molecule has 0 aliphatic rings. The SMILES string of the molecule is C=C(C(=O)O)C(=O)ON(C)c1cccc(OC)c1. The first-order chi connectivity index (χ1) is 8.45. The van der Waals surface area contributed by atoms with Crippen molar-refractivity contribution in [3.8, 4) is 5.75 Å². The number of rotatable bonds is 5. The van der Waals surface area contributed by atoms with E-state index in [-0.39, 0.29) is 0 Å². The molecule has 0 atom stereocenters. The molecular formula is C12H13NO5. The third-order valence-electron chi connectivity index (χ3n) is 2.14. The highest BCUT2D eigenvalue weighted by Gasteiger charge is 2.18. The van der Waals surface area contributed by atoms with Crippen LogP contribution in [0.3, 0.4) is 0 Å². The molecule has 1 N–H and O–H groups in total. The van der Waals surface area contributed by atoms with Crippen molar-refractivity contribution in [2.45, 2.75) is 0 Å². The van der Waals surface area contributed by atoms with Crippen molar-refractivity contribution in [2.24, 2.45) is 0 Å². The van der Waals surface area contributed by atoms with Crippen LogP contribution in [0.2, 0.25) is 0 Å². The van der Waals surface area contributed by atoms with Gasteiger partial charge >= 0.3 is 11.9 Å². The van der Waals surface area contributed by atoms with Crippen molar-refractivity contribution in [3.63, 3.8) is 0 Å². The summed E-state index contributed by atoms with van der Waals surface area (Å²) in [5.74, 6) is -1.85. The first kappa shape index (κ1) is 13.6. The molecule has 1 aromatic carbocycles. The molecule has 96 valence electrons. The molecule has 0 spiro atoms. The van der Waals surface area contributed by atoms with E-state index in [1.165, 1.54) is 14.2 Å². The van der Waals surface area contributed by atoms with Gasteiger partial charge < -0.3 is 14.7 Å². The highest BCUT2D eigenvalue weighted by molar-refractivity contribution is 6.12. The lowest BCUT2D eigenvalue weighted by molar-refractivity contribution is -0.144. The minimum atomic E-state index is -1.42. The third-order valence-corrected chi connectivity index (χ3v) is 2.14. The Morgan fingerprint density at radius 3 is 2.61 bits per heavy atom. The second kappa shape index (κ2) is 5.72. The molecule has 0 unspecified atom stereocenters. The highest BCUT2D eigenvalue weighted by Crippen LogP contribution is 2.20. The topological polar surface area (TPSA) is 76.1 Å². The van der Waals surface area contributed by atoms with Crippen LogP contribution in [0.5, 0.6) is 5.75 Å². The molecule has 0 saturated heterocycles. The van der Waals surface area contributed by atoms with Gasteiger partial charge in [-0.15, -0.1) is 0 Å². The molecule has 18 heavy (non-hydrogen) atoms. The third kappa shape index (κ3) is 3.24. The lowest BCUT2D eigenvalue weighted by Crippen LogP contribution is -2.25. The van der Waals surface area contributed by atoms with E-state index in [0.29, 0.717) is 11.4 Å². The van der Waals surface area contributed by atoms with Crippen molar-refractivity contribution < 1.29 is 24.3 Å². The minimum Gasteiger partial charge on any atom is -0.497 e. The Morgan fingerprint density at radius 2 is 2.06 bits per heavy atom. The molecule has 0 radical (unpaired) electrons. The summed E-state index contributed by atoms with van der Waals surface area (Å²) in [6.45, 7) is 3.11. The second-order valence-corrected chi connectivity index (χ2v) is 3.36. The predicted octanol–water partition coefficient (Wildman–Crippen LogP) is 1.23. The Bertz CT molecular complexity index is 483. The van der Waals surface area contributed by atoms with Gasteiger partial charge in [-0.1, -0.05) is 12.6 Å². The molecule has 1 aromatic rings. The molecule has 0 bridgehead atoms. The number of anilines is 1. The Hall–Kier alpha value is -2.50. The normalized spacial score (nSPS) is 9.44. The summed E-state index contributed by atoms with van der Waals surface area (Å²) in [6, 6.07) is 6.76. The van der Waals surface area contributed by atoms with Crippen LogP contribution in [0, 0.1) is 0 Å². The van der Waals surface area contributed by atoms with Crippen LogP contribution < -0.4 is 9.80 Å². The molecule has 6 heteroatoms. The van der Waals surface area contributed by atoms with Crippen LogP contribution in [0.4, 0.5) is 5.69 Å². The maximum Gasteiger partial charge on any atom is 0.369 e. The molecule has 0 heterocycles. The van der Waals surface area contributed by atoms with Gasteiger partial charge in [0.1, 0.15) is 11.3 Å². The number of carbonyl (C=O) groups excluding carboxylic acids is 1. The van der Waals surface area contributed by atoms with Gasteiger partial charge in [-0.2, -0.15) is 0 Å². The fraction of sp³-hybridized carbons (Fsp3) is 0.167. The first-order valence-electron chi connectivity index (χ1n) is 4.98. The number of hydroxylamine groups is 1. The van der Waals surface area contributed by atoms with Gasteiger partial charge in [-0.25, -0.2) is 14.7 Å². The van der Waals surface area contributed by atoms with Gasteiger partial charge in [-0.05, 0) is 12.1 Å². The monoisotopic (exact) mass is 251 g/mol. The van der Waals surface area contributed by atoms with E-state index in [2.05, 4.69) is 6.58 Å². The van der Waals surface area contributed by atoms with Gasteiger partial charge in [0.25, 0.3) is 0 Å². The molecular weight excluding hydrogens is 238 g/mol. The van der Waals surface area contributed by atoms with Gasteiger partial charge in [0.2, 0.25) is 0 Å². The Balaban J connectivity index is 2.76. The molecule has 0 aliphatic heterocycles. The van der Waals surface area contributed by atoms with Crippen molar-refractivity contribution in [2.75, 3.05) is 19.2 Å². The quantitative estimate of drug-likeness (QED) is 0.367. The molecule has 1 rings (SSSR count). The van der Waals surface area contributed by atoms with Gasteiger partial charge in [-0.3, -0.25) is 0 Å². The van der Waals surface area contributed by atoms with Crippen molar-refractivity contribution >= 4 is 17.6 Å². The smallest absolute Gasteiger partial charge is 0.369 e. The number of hydrogen-bond acceptors (Lipinski definition) is 5. The van der Waals surface area contributed by atoms with Crippen LogP contribution in [-0.4, -0.2) is 31.2 Å². The summed E-state index contributed by atoms with van der Waals surface area (Å²) < 4.78 is 5.02. The zero-order valence-corrected chi connectivity index (χ0v) is 10.0. The molecule has 0 aromatic heterocycles. The zero-order valence-electron chi connectivity index (χ0n) is 10.0. The van der Waals surface area contributed by atoms with Crippen LogP contribution in [-0.2, 0) is 14.4 Å². The Morgan fingerprint density at radius 1 is 1.39 bits per heavy atom. The number of carboxylic acid groups (broad SMARTS) is 1. The first-order valence-corrected chi connectivity index (χ1v) is 4.98. The summed E-state index contributed by atoms with van der Waals surface area (Å²) in [6.07, 6.45) is 0. The number of hydrogen-bond donors (Lipinski definition) is 1. The Kier molecular flexibility index (Phi) is 4.31. The maximum atomic E-state index is 11.3. The van der Waals surface area contributed by atoms with E-state index in [0.717, 1.165) is 5.06 Å². The lowest BCUT2D eigenvalue weighted by atomic mass is 10.3. The van der Waals surface area contributed by atoms with E-state index in [9.17, 15) is 9.59 Å². The number of carboxylic acids is 1. The van der Waals surface area contributed by atoms with Gasteiger partial charge in [0, 0.05) is 13.1 Å². The van der Waals surface area contributed by atoms with E-state index >= 15 is 0 Å². The number of aliphatic carboxylic acids is 1. The molecule has 0 aliphatic carbocycles. The second-order valence-electron chi connectivity index (χ2n) is 3.36. The molecule has 0 saturated carbocycles. The zero-order chi connectivity index (χ0) is 13.7. The number of carbonyl (C=O) groups is 2. The predicted molar refractivity (Wildman–Crippen MR) is 64.3 cm³/mol. The number of benzene rings is 1. The molecule has 0 amide bonds. The lowest BCUT2D eigenvalue weighted by Gasteiger charge is -2.18. The number of ether oxygens (including phenoxy) is 1. The van der Waals surface area contributed by atoms with Crippen molar-refractivity contribution in [1.82, 2.24) is 0 Å². The average molecular weight is 251 g/mol. The van der Waals surface area contributed by atoms with Crippen molar-refractivity contribution in [1.29, 1.82) is 0 Å². The van der Waals surface area contributed by atoms with E-state index in [1.807, 2.05) is 0 Å². The Labute approximate surface area is 104 Å². The van der Waals surface area contributed by atoms with E-state index in [4.69, 9.17) is 14.7 Å². The number of nitrogens with zero attached hydrogens (tertiary/aromatic N) is 1. The summed E-state index contributed by atoms with van der Waals surface area (Å²) in [7, 11) is 2.99. The van der Waals surface area contributed by atoms with Crippen LogP contribution >= 0.6 is 0 Å².